The molecular formula is C17H19N3O4. The van der Waals surface area contributed by atoms with Gasteiger partial charge in [0.05, 0.1) is 13.3 Å². The molecule has 7 nitrogen and oxygen atoms in total. The summed E-state index contributed by atoms with van der Waals surface area (Å²) in [5, 5.41) is 6.62. The van der Waals surface area contributed by atoms with Crippen molar-refractivity contribution in [1.29, 1.82) is 0 Å². The molecule has 126 valence electrons. The Morgan fingerprint density at radius 2 is 2.04 bits per heavy atom. The van der Waals surface area contributed by atoms with Gasteiger partial charge in [-0.05, 0) is 5.56 Å². The van der Waals surface area contributed by atoms with Gasteiger partial charge in [-0.1, -0.05) is 42.5 Å². The van der Waals surface area contributed by atoms with E-state index in [0.717, 1.165) is 5.56 Å². The number of benzene rings is 1. The highest BCUT2D eigenvalue weighted by molar-refractivity contribution is 5.91. The standard InChI is InChI=1S/C17H19N3O4/c1-20-15(16(21)23-2)14(11-19-20)9-6-10-18-17(22)24-12-13-7-4-3-5-8-13/h3-9,11H,10,12H2,1-2H3,(H,18,22). The summed E-state index contributed by atoms with van der Waals surface area (Å²) in [7, 11) is 2.97. The number of carbonyl (C=O) groups excluding carboxylic acids is 2. The zero-order valence-electron chi connectivity index (χ0n) is 13.6. The summed E-state index contributed by atoms with van der Waals surface area (Å²) in [5.74, 6) is -0.468. The molecule has 2 aromatic rings. The fraction of sp³-hybridized carbons (Fsp3) is 0.235. The molecule has 0 aliphatic heterocycles. The maximum absolute atomic E-state index is 11.7. The van der Waals surface area contributed by atoms with Crippen LogP contribution in [0.4, 0.5) is 4.79 Å². The number of hydrogen-bond donors (Lipinski definition) is 1. The van der Waals surface area contributed by atoms with Gasteiger partial charge in [-0.25, -0.2) is 9.59 Å². The van der Waals surface area contributed by atoms with Crippen molar-refractivity contribution in [2.75, 3.05) is 13.7 Å². The van der Waals surface area contributed by atoms with Gasteiger partial charge in [0.15, 0.2) is 5.69 Å². The molecule has 0 fully saturated rings. The maximum Gasteiger partial charge on any atom is 0.407 e. The van der Waals surface area contributed by atoms with Crippen molar-refractivity contribution in [2.24, 2.45) is 7.05 Å². The molecule has 1 heterocycles. The first-order valence-electron chi connectivity index (χ1n) is 7.33. The van der Waals surface area contributed by atoms with Crippen LogP contribution in [0.25, 0.3) is 6.08 Å². The van der Waals surface area contributed by atoms with Crippen LogP contribution >= 0.6 is 0 Å². The second-order valence-corrected chi connectivity index (χ2v) is 4.91. The monoisotopic (exact) mass is 329 g/mol. The van der Waals surface area contributed by atoms with Gasteiger partial charge in [-0.15, -0.1) is 0 Å². The summed E-state index contributed by atoms with van der Waals surface area (Å²) >= 11 is 0. The van der Waals surface area contributed by atoms with E-state index in [-0.39, 0.29) is 13.2 Å². The van der Waals surface area contributed by atoms with Crippen molar-refractivity contribution in [3.05, 3.63) is 59.4 Å². The Balaban J connectivity index is 1.80. The van der Waals surface area contributed by atoms with Crippen LogP contribution in [0, 0.1) is 0 Å². The highest BCUT2D eigenvalue weighted by atomic mass is 16.5. The lowest BCUT2D eigenvalue weighted by Crippen LogP contribution is -2.24. The number of methoxy groups -OCH3 is 1. The minimum atomic E-state index is -0.511. The van der Waals surface area contributed by atoms with E-state index in [1.807, 2.05) is 30.3 Å². The van der Waals surface area contributed by atoms with Crippen LogP contribution in [0.5, 0.6) is 0 Å². The lowest BCUT2D eigenvalue weighted by molar-refractivity contribution is 0.0588. The second kappa shape index (κ2) is 8.52. The molecule has 0 atom stereocenters. The zero-order chi connectivity index (χ0) is 17.4. The van der Waals surface area contributed by atoms with Crippen molar-refractivity contribution >= 4 is 18.1 Å². The smallest absolute Gasteiger partial charge is 0.407 e. The second-order valence-electron chi connectivity index (χ2n) is 4.91. The Morgan fingerprint density at radius 1 is 1.29 bits per heavy atom. The minimum Gasteiger partial charge on any atom is -0.464 e. The van der Waals surface area contributed by atoms with E-state index in [2.05, 4.69) is 10.4 Å². The Morgan fingerprint density at radius 3 is 2.75 bits per heavy atom. The first-order chi connectivity index (χ1) is 11.6. The minimum absolute atomic E-state index is 0.214. The van der Waals surface area contributed by atoms with Gasteiger partial charge in [-0.3, -0.25) is 4.68 Å². The van der Waals surface area contributed by atoms with Crippen molar-refractivity contribution in [3.63, 3.8) is 0 Å². The molecule has 1 N–H and O–H groups in total. The van der Waals surface area contributed by atoms with E-state index in [1.165, 1.54) is 11.8 Å². The number of carbonyl (C=O) groups is 2. The molecule has 0 unspecified atom stereocenters. The molecule has 7 heteroatoms. The molecule has 0 saturated carbocycles. The SMILES string of the molecule is COC(=O)c1c(C=CCNC(=O)OCc2ccccc2)cnn1C. The van der Waals surface area contributed by atoms with Gasteiger partial charge in [0.2, 0.25) is 0 Å². The van der Waals surface area contributed by atoms with Crippen LogP contribution in [0.15, 0.2) is 42.6 Å². The normalized spacial score (nSPS) is 10.6. The Hall–Kier alpha value is -3.09. The first-order valence-corrected chi connectivity index (χ1v) is 7.33. The number of nitrogens with zero attached hydrogens (tertiary/aromatic N) is 2. The van der Waals surface area contributed by atoms with Gasteiger partial charge in [0.1, 0.15) is 6.61 Å². The summed E-state index contributed by atoms with van der Waals surface area (Å²) in [6.45, 7) is 0.481. The predicted octanol–water partition coefficient (Wildman–Crippen LogP) is 2.15. The van der Waals surface area contributed by atoms with Gasteiger partial charge in [0.25, 0.3) is 0 Å². The first kappa shape index (κ1) is 17.3. The number of aryl methyl sites for hydroxylation is 1. The van der Waals surface area contributed by atoms with Crippen LogP contribution < -0.4 is 5.32 Å². The van der Waals surface area contributed by atoms with Crippen LogP contribution in [-0.4, -0.2) is 35.5 Å². The third kappa shape index (κ3) is 4.70. The molecule has 0 aliphatic rings. The highest BCUT2D eigenvalue weighted by Gasteiger charge is 2.15. The summed E-state index contributed by atoms with van der Waals surface area (Å²) in [6, 6.07) is 9.42. The summed E-state index contributed by atoms with van der Waals surface area (Å²) in [6.07, 6.45) is 4.43. The topological polar surface area (TPSA) is 82.4 Å². The average molecular weight is 329 g/mol. The summed E-state index contributed by atoms with van der Waals surface area (Å²) < 4.78 is 11.2. The number of amides is 1. The Labute approximate surface area is 139 Å². The van der Waals surface area contributed by atoms with Crippen molar-refractivity contribution in [1.82, 2.24) is 15.1 Å². The van der Waals surface area contributed by atoms with E-state index in [9.17, 15) is 9.59 Å². The fourth-order valence-corrected chi connectivity index (χ4v) is 2.03. The third-order valence-corrected chi connectivity index (χ3v) is 3.22. The molecule has 0 aliphatic carbocycles. The van der Waals surface area contributed by atoms with E-state index >= 15 is 0 Å². The van der Waals surface area contributed by atoms with Gasteiger partial charge < -0.3 is 14.8 Å². The number of nitrogens with one attached hydrogen (secondary N) is 1. The number of ether oxygens (including phenoxy) is 2. The van der Waals surface area contributed by atoms with Gasteiger partial charge in [0, 0.05) is 19.2 Å². The van der Waals surface area contributed by atoms with E-state index < -0.39 is 12.1 Å². The maximum atomic E-state index is 11.7. The molecule has 1 aromatic carbocycles. The lowest BCUT2D eigenvalue weighted by atomic mass is 10.2. The molecule has 0 radical (unpaired) electrons. The number of esters is 1. The molecule has 24 heavy (non-hydrogen) atoms. The van der Waals surface area contributed by atoms with Gasteiger partial charge in [-0.2, -0.15) is 5.10 Å². The molecule has 2 rings (SSSR count). The van der Waals surface area contributed by atoms with Crippen molar-refractivity contribution in [2.45, 2.75) is 6.61 Å². The largest absolute Gasteiger partial charge is 0.464 e. The number of rotatable bonds is 6. The number of aromatic nitrogens is 2. The predicted molar refractivity (Wildman–Crippen MR) is 88.2 cm³/mol. The molecule has 0 saturated heterocycles. The molecule has 1 amide bonds. The lowest BCUT2D eigenvalue weighted by Gasteiger charge is -2.05. The Bertz CT molecular complexity index is 723. The van der Waals surface area contributed by atoms with Crippen LogP contribution in [0.3, 0.4) is 0 Å². The molecule has 0 spiro atoms. The number of hydrogen-bond acceptors (Lipinski definition) is 5. The molecular weight excluding hydrogens is 310 g/mol. The van der Waals surface area contributed by atoms with Crippen LogP contribution in [0.1, 0.15) is 21.6 Å². The van der Waals surface area contributed by atoms with Gasteiger partial charge >= 0.3 is 12.1 Å². The van der Waals surface area contributed by atoms with Crippen LogP contribution in [-0.2, 0) is 23.1 Å². The van der Waals surface area contributed by atoms with Crippen molar-refractivity contribution in [3.8, 4) is 0 Å². The van der Waals surface area contributed by atoms with E-state index in [4.69, 9.17) is 9.47 Å². The molecule has 1 aromatic heterocycles. The van der Waals surface area contributed by atoms with Crippen molar-refractivity contribution < 1.29 is 19.1 Å². The van der Waals surface area contributed by atoms with E-state index in [0.29, 0.717) is 11.3 Å². The summed E-state index contributed by atoms with van der Waals surface area (Å²) in [5.41, 5.74) is 1.88. The fourth-order valence-electron chi connectivity index (χ4n) is 2.03. The average Bonchev–Trinajstić information content (AvgIpc) is 2.97. The van der Waals surface area contributed by atoms with Crippen LogP contribution in [0.2, 0.25) is 0 Å². The Kier molecular flexibility index (Phi) is 6.13. The summed E-state index contributed by atoms with van der Waals surface area (Å²) in [4.78, 5) is 23.3. The van der Waals surface area contributed by atoms with E-state index in [1.54, 1.807) is 25.4 Å². The number of alkyl carbamates (subject to hydrolysis) is 1. The zero-order valence-corrected chi connectivity index (χ0v) is 13.6. The highest BCUT2D eigenvalue weighted by Crippen LogP contribution is 2.10. The quantitative estimate of drug-likeness (QED) is 0.821. The molecule has 0 bridgehead atoms. The third-order valence-electron chi connectivity index (χ3n) is 3.22.